The first-order valence-electron chi connectivity index (χ1n) is 6.72. The number of halogens is 1. The third kappa shape index (κ3) is 4.01. The van der Waals surface area contributed by atoms with Gasteiger partial charge in [0.05, 0.1) is 17.9 Å². The minimum atomic E-state index is -3.20. The molecule has 0 aromatic heterocycles. The third-order valence-corrected chi connectivity index (χ3v) is 5.53. The number of benzene rings is 1. The number of rotatable bonds is 4. The average Bonchev–Trinajstić information content (AvgIpc) is 2.37. The number of hydrogen-bond donors (Lipinski definition) is 1. The standard InChI is InChI=1S/C14H18FNO4S/c1-10(11-2-4-12(15)5-3-11)16-6-7-21(19,20)9-13(16)8-14(17)18/h2-5,10,13H,6-9H2,1H3,(H,17,18). The zero-order chi connectivity index (χ0) is 15.6. The normalized spacial score (nSPS) is 23.6. The van der Waals surface area contributed by atoms with Gasteiger partial charge in [-0.25, -0.2) is 12.8 Å². The Labute approximate surface area is 123 Å². The Kier molecular flexibility index (Phi) is 4.63. The van der Waals surface area contributed by atoms with Gasteiger partial charge in [0.2, 0.25) is 0 Å². The fourth-order valence-electron chi connectivity index (χ4n) is 2.72. The van der Waals surface area contributed by atoms with Gasteiger partial charge >= 0.3 is 5.97 Å². The molecule has 2 atom stereocenters. The fraction of sp³-hybridized carbons (Fsp3) is 0.500. The Balaban J connectivity index is 2.22. The first-order valence-corrected chi connectivity index (χ1v) is 8.54. The van der Waals surface area contributed by atoms with Crippen LogP contribution in [0.15, 0.2) is 24.3 Å². The zero-order valence-electron chi connectivity index (χ0n) is 11.7. The van der Waals surface area contributed by atoms with Crippen LogP contribution in [0.25, 0.3) is 0 Å². The van der Waals surface area contributed by atoms with Crippen molar-refractivity contribution in [3.05, 3.63) is 35.6 Å². The van der Waals surface area contributed by atoms with Gasteiger partial charge in [-0.15, -0.1) is 0 Å². The second kappa shape index (κ2) is 6.11. The molecule has 2 unspecified atom stereocenters. The Morgan fingerprint density at radius 2 is 2.05 bits per heavy atom. The van der Waals surface area contributed by atoms with E-state index in [2.05, 4.69) is 0 Å². The van der Waals surface area contributed by atoms with E-state index < -0.39 is 21.8 Å². The van der Waals surface area contributed by atoms with E-state index in [0.29, 0.717) is 6.54 Å². The molecule has 1 saturated heterocycles. The van der Waals surface area contributed by atoms with Gasteiger partial charge in [0, 0.05) is 18.6 Å². The maximum atomic E-state index is 13.0. The molecule has 1 fully saturated rings. The molecular formula is C14H18FNO4S. The van der Waals surface area contributed by atoms with Crippen molar-refractivity contribution in [3.8, 4) is 0 Å². The first-order chi connectivity index (χ1) is 9.78. The Morgan fingerprint density at radius 1 is 1.43 bits per heavy atom. The predicted octanol–water partition coefficient (Wildman–Crippen LogP) is 1.46. The fourth-order valence-corrected chi connectivity index (χ4v) is 4.27. The topological polar surface area (TPSA) is 74.7 Å². The summed E-state index contributed by atoms with van der Waals surface area (Å²) in [5.41, 5.74) is 0.839. The van der Waals surface area contributed by atoms with E-state index in [4.69, 9.17) is 5.11 Å². The molecule has 0 amide bonds. The van der Waals surface area contributed by atoms with Gasteiger partial charge in [0.25, 0.3) is 0 Å². The van der Waals surface area contributed by atoms with E-state index in [-0.39, 0.29) is 29.8 Å². The number of sulfone groups is 1. The van der Waals surface area contributed by atoms with Gasteiger partial charge < -0.3 is 5.11 Å². The van der Waals surface area contributed by atoms with Crippen LogP contribution in [0.4, 0.5) is 4.39 Å². The second-order valence-electron chi connectivity index (χ2n) is 5.33. The van der Waals surface area contributed by atoms with Crippen LogP contribution in [0.2, 0.25) is 0 Å². The van der Waals surface area contributed by atoms with Crippen molar-refractivity contribution in [1.29, 1.82) is 0 Å². The lowest BCUT2D eigenvalue weighted by Crippen LogP contribution is -2.50. The summed E-state index contributed by atoms with van der Waals surface area (Å²) >= 11 is 0. The molecule has 0 bridgehead atoms. The number of aliphatic carboxylic acids is 1. The molecule has 1 aliphatic heterocycles. The predicted molar refractivity (Wildman–Crippen MR) is 76.2 cm³/mol. The lowest BCUT2D eigenvalue weighted by atomic mass is 10.0. The SMILES string of the molecule is CC(c1ccc(F)cc1)N1CCS(=O)(=O)CC1CC(=O)O. The van der Waals surface area contributed by atoms with Crippen molar-refractivity contribution >= 4 is 15.8 Å². The van der Waals surface area contributed by atoms with Gasteiger partial charge in [-0.05, 0) is 24.6 Å². The zero-order valence-corrected chi connectivity index (χ0v) is 12.5. The molecule has 1 N–H and O–H groups in total. The summed E-state index contributed by atoms with van der Waals surface area (Å²) in [6.07, 6.45) is -0.217. The van der Waals surface area contributed by atoms with Crippen molar-refractivity contribution in [1.82, 2.24) is 4.90 Å². The van der Waals surface area contributed by atoms with Crippen LogP contribution in [0.5, 0.6) is 0 Å². The number of nitrogens with zero attached hydrogens (tertiary/aromatic N) is 1. The van der Waals surface area contributed by atoms with Gasteiger partial charge in [-0.3, -0.25) is 9.69 Å². The van der Waals surface area contributed by atoms with Gasteiger partial charge in [0.15, 0.2) is 9.84 Å². The highest BCUT2D eigenvalue weighted by molar-refractivity contribution is 7.91. The monoisotopic (exact) mass is 315 g/mol. The molecule has 1 aliphatic rings. The van der Waals surface area contributed by atoms with Crippen molar-refractivity contribution in [2.75, 3.05) is 18.1 Å². The van der Waals surface area contributed by atoms with Gasteiger partial charge in [-0.2, -0.15) is 0 Å². The molecule has 1 heterocycles. The third-order valence-electron chi connectivity index (χ3n) is 3.84. The highest BCUT2D eigenvalue weighted by atomic mass is 32.2. The van der Waals surface area contributed by atoms with E-state index >= 15 is 0 Å². The molecular weight excluding hydrogens is 297 g/mol. The largest absolute Gasteiger partial charge is 0.481 e. The summed E-state index contributed by atoms with van der Waals surface area (Å²) in [5.74, 6) is -1.48. The summed E-state index contributed by atoms with van der Waals surface area (Å²) in [7, 11) is -3.20. The highest BCUT2D eigenvalue weighted by Crippen LogP contribution is 2.27. The maximum absolute atomic E-state index is 13.0. The van der Waals surface area contributed by atoms with Crippen LogP contribution in [-0.2, 0) is 14.6 Å². The van der Waals surface area contributed by atoms with Crippen molar-refractivity contribution in [2.24, 2.45) is 0 Å². The van der Waals surface area contributed by atoms with Crippen LogP contribution in [-0.4, -0.2) is 48.5 Å². The number of carboxylic acid groups (broad SMARTS) is 1. The minimum Gasteiger partial charge on any atom is -0.481 e. The quantitative estimate of drug-likeness (QED) is 0.910. The second-order valence-corrected chi connectivity index (χ2v) is 7.56. The van der Waals surface area contributed by atoms with E-state index in [1.807, 2.05) is 11.8 Å². The molecule has 0 radical (unpaired) electrons. The molecule has 1 aromatic carbocycles. The summed E-state index contributed by atoms with van der Waals surface area (Å²) < 4.78 is 36.4. The van der Waals surface area contributed by atoms with Crippen molar-refractivity contribution in [3.63, 3.8) is 0 Å². The molecule has 0 spiro atoms. The summed E-state index contributed by atoms with van der Waals surface area (Å²) in [5, 5.41) is 8.97. The number of hydrogen-bond acceptors (Lipinski definition) is 4. The molecule has 2 rings (SSSR count). The molecule has 7 heteroatoms. The first kappa shape index (κ1) is 15.9. The van der Waals surface area contributed by atoms with E-state index in [1.165, 1.54) is 12.1 Å². The average molecular weight is 315 g/mol. The number of carbonyl (C=O) groups is 1. The smallest absolute Gasteiger partial charge is 0.304 e. The van der Waals surface area contributed by atoms with Crippen molar-refractivity contribution in [2.45, 2.75) is 25.4 Å². The highest BCUT2D eigenvalue weighted by Gasteiger charge is 2.35. The van der Waals surface area contributed by atoms with Crippen LogP contribution in [0.1, 0.15) is 24.9 Å². The van der Waals surface area contributed by atoms with E-state index in [9.17, 15) is 17.6 Å². The molecule has 5 nitrogen and oxygen atoms in total. The summed E-state index contributed by atoms with van der Waals surface area (Å²) in [4.78, 5) is 12.8. The Bertz CT molecular complexity index is 614. The van der Waals surface area contributed by atoms with E-state index in [0.717, 1.165) is 5.56 Å². The Hall–Kier alpha value is -1.47. The number of carboxylic acids is 1. The summed E-state index contributed by atoms with van der Waals surface area (Å²) in [6, 6.07) is 5.26. The maximum Gasteiger partial charge on any atom is 0.304 e. The molecule has 116 valence electrons. The minimum absolute atomic E-state index is 0.0225. The molecule has 21 heavy (non-hydrogen) atoms. The van der Waals surface area contributed by atoms with Gasteiger partial charge in [0.1, 0.15) is 5.82 Å². The van der Waals surface area contributed by atoms with Crippen molar-refractivity contribution < 1.29 is 22.7 Å². The lowest BCUT2D eigenvalue weighted by molar-refractivity contribution is -0.138. The lowest BCUT2D eigenvalue weighted by Gasteiger charge is -2.39. The molecule has 0 saturated carbocycles. The summed E-state index contributed by atoms with van der Waals surface area (Å²) in [6.45, 7) is 2.17. The molecule has 0 aliphatic carbocycles. The van der Waals surface area contributed by atoms with E-state index in [1.54, 1.807) is 12.1 Å². The van der Waals surface area contributed by atoms with Gasteiger partial charge in [-0.1, -0.05) is 12.1 Å². The Morgan fingerprint density at radius 3 is 2.62 bits per heavy atom. The molecule has 1 aromatic rings. The van der Waals surface area contributed by atoms with Crippen LogP contribution < -0.4 is 0 Å². The van der Waals surface area contributed by atoms with Crippen LogP contribution >= 0.6 is 0 Å². The van der Waals surface area contributed by atoms with Crippen LogP contribution in [0.3, 0.4) is 0 Å². The van der Waals surface area contributed by atoms with Crippen LogP contribution in [0, 0.1) is 5.82 Å².